The number of aromatic amines is 1. The summed E-state index contributed by atoms with van der Waals surface area (Å²) >= 11 is 0. The number of carboxylic acid groups (broad SMARTS) is 1. The molecule has 2 aliphatic rings. The Morgan fingerprint density at radius 1 is 1.32 bits per heavy atom. The van der Waals surface area contributed by atoms with Gasteiger partial charge in [0.2, 0.25) is 5.43 Å². The maximum atomic E-state index is 15.2. The summed E-state index contributed by atoms with van der Waals surface area (Å²) in [5.74, 6) is -1.98. The first-order valence-corrected chi connectivity index (χ1v) is 13.2. The third-order valence-electron chi connectivity index (χ3n) is 8.71. The number of halogens is 1. The maximum absolute atomic E-state index is 15.2. The molecule has 41 heavy (non-hydrogen) atoms. The zero-order valence-corrected chi connectivity index (χ0v) is 22.2. The second kappa shape index (κ2) is 8.49. The molecule has 1 spiro atoms. The van der Waals surface area contributed by atoms with Crippen molar-refractivity contribution in [3.63, 3.8) is 0 Å². The van der Waals surface area contributed by atoms with Crippen LogP contribution in [0.2, 0.25) is 0 Å². The number of nitriles is 1. The molecular formula is C29H25FN8O3. The highest BCUT2D eigenvalue weighted by Gasteiger charge is 2.56. The van der Waals surface area contributed by atoms with Gasteiger partial charge in [0.05, 0.1) is 33.2 Å². The third-order valence-corrected chi connectivity index (χ3v) is 8.71. The molecule has 5 heterocycles. The lowest BCUT2D eigenvalue weighted by molar-refractivity contribution is 0.0695. The van der Waals surface area contributed by atoms with Gasteiger partial charge in [0.15, 0.2) is 0 Å². The van der Waals surface area contributed by atoms with E-state index in [1.54, 1.807) is 32.6 Å². The number of aromatic carboxylic acids is 1. The topological polar surface area (TPSA) is 166 Å². The molecular weight excluding hydrogens is 527 g/mol. The van der Waals surface area contributed by atoms with Crippen LogP contribution in [-0.4, -0.2) is 56.8 Å². The molecule has 2 atom stereocenters. The number of nitrogens with zero attached hydrogens (tertiary/aromatic N) is 5. The van der Waals surface area contributed by atoms with Crippen LogP contribution in [0.1, 0.15) is 28.8 Å². The number of aryl methyl sites for hydroxylation is 1. The van der Waals surface area contributed by atoms with Crippen LogP contribution < -0.4 is 21.4 Å². The summed E-state index contributed by atoms with van der Waals surface area (Å²) in [4.78, 5) is 39.6. The fourth-order valence-corrected chi connectivity index (χ4v) is 6.43. The van der Waals surface area contributed by atoms with Crippen LogP contribution in [0.15, 0.2) is 35.5 Å². The molecule has 0 amide bonds. The van der Waals surface area contributed by atoms with Gasteiger partial charge in [0.25, 0.3) is 0 Å². The number of H-pyrrole nitrogens is 1. The number of aromatic nitrogens is 4. The highest BCUT2D eigenvalue weighted by Crippen LogP contribution is 2.54. The second-order valence-electron chi connectivity index (χ2n) is 11.0. The van der Waals surface area contributed by atoms with Crippen LogP contribution in [0, 0.1) is 22.6 Å². The predicted octanol–water partition coefficient (Wildman–Crippen LogP) is 3.31. The van der Waals surface area contributed by atoms with Crippen LogP contribution in [0.4, 0.5) is 15.8 Å². The van der Waals surface area contributed by atoms with Crippen molar-refractivity contribution >= 4 is 50.3 Å². The summed E-state index contributed by atoms with van der Waals surface area (Å²) in [6.45, 7) is 1.36. The zero-order chi connectivity index (χ0) is 28.8. The van der Waals surface area contributed by atoms with Gasteiger partial charge in [0, 0.05) is 79.8 Å². The average molecular weight is 553 g/mol. The van der Waals surface area contributed by atoms with Gasteiger partial charge in [-0.15, -0.1) is 0 Å². The van der Waals surface area contributed by atoms with Crippen LogP contribution >= 0.6 is 0 Å². The Hall–Kier alpha value is -5.02. The standard InChI is InChI=1S/C29H25FN8O3/c1-33-19-6-18(30)15(8-31)21-22-24(38-4-3-29(12-38)7-20(29)32)16(10-34-26(22)36-23(19)21)13-5-14-25(39)17(28(40)41)11-37(2)27(14)35-9-13/h5-6,9-11,20,33H,3-4,7,12,32H2,1-2H3,(H,34,36)(H,40,41)/t20-,29-/m0/s1. The molecule has 2 fully saturated rings. The first kappa shape index (κ1) is 25.0. The lowest BCUT2D eigenvalue weighted by Gasteiger charge is -2.24. The molecule has 11 nitrogen and oxygen atoms in total. The molecule has 1 saturated carbocycles. The van der Waals surface area contributed by atoms with Gasteiger partial charge in [-0.25, -0.2) is 19.2 Å². The number of benzene rings is 1. The average Bonchev–Trinajstić information content (AvgIpc) is 3.26. The van der Waals surface area contributed by atoms with Gasteiger partial charge in [0.1, 0.15) is 28.7 Å². The number of nitrogens with two attached hydrogens (primary N) is 1. The van der Waals surface area contributed by atoms with E-state index in [0.717, 1.165) is 18.5 Å². The molecule has 206 valence electrons. The van der Waals surface area contributed by atoms with Gasteiger partial charge < -0.3 is 30.6 Å². The zero-order valence-electron chi connectivity index (χ0n) is 22.2. The summed E-state index contributed by atoms with van der Waals surface area (Å²) in [5.41, 5.74) is 8.98. The maximum Gasteiger partial charge on any atom is 0.341 e. The van der Waals surface area contributed by atoms with Crippen molar-refractivity contribution in [1.29, 1.82) is 5.26 Å². The fourth-order valence-electron chi connectivity index (χ4n) is 6.43. The lowest BCUT2D eigenvalue weighted by atomic mass is 9.99. The van der Waals surface area contributed by atoms with Gasteiger partial charge in [-0.05, 0) is 18.9 Å². The van der Waals surface area contributed by atoms with Crippen molar-refractivity contribution in [2.45, 2.75) is 18.9 Å². The summed E-state index contributed by atoms with van der Waals surface area (Å²) < 4.78 is 16.7. The molecule has 1 aliphatic carbocycles. The Kier molecular flexibility index (Phi) is 5.17. The third kappa shape index (κ3) is 3.45. The van der Waals surface area contributed by atoms with Gasteiger partial charge in [-0.1, -0.05) is 0 Å². The van der Waals surface area contributed by atoms with Gasteiger partial charge >= 0.3 is 5.97 Å². The number of nitrogens with one attached hydrogen (secondary N) is 2. The Morgan fingerprint density at radius 2 is 2.10 bits per heavy atom. The number of hydrogen-bond donors (Lipinski definition) is 4. The first-order valence-electron chi connectivity index (χ1n) is 13.2. The molecule has 12 heteroatoms. The molecule has 1 aromatic carbocycles. The summed E-state index contributed by atoms with van der Waals surface area (Å²) in [6, 6.07) is 5.04. The Labute approximate surface area is 232 Å². The van der Waals surface area contributed by atoms with Crippen LogP contribution in [0.5, 0.6) is 0 Å². The summed E-state index contributed by atoms with van der Waals surface area (Å²) in [6.07, 6.45) is 6.34. The number of anilines is 2. The van der Waals surface area contributed by atoms with E-state index < -0.39 is 17.2 Å². The Balaban J connectivity index is 1.57. The number of hydrogen-bond acceptors (Lipinski definition) is 8. The minimum Gasteiger partial charge on any atom is -0.477 e. The van der Waals surface area contributed by atoms with Crippen molar-refractivity contribution in [1.82, 2.24) is 19.5 Å². The minimum atomic E-state index is -1.32. The quantitative estimate of drug-likeness (QED) is 0.262. The van der Waals surface area contributed by atoms with Crippen LogP contribution in [-0.2, 0) is 7.05 Å². The molecule has 5 aromatic rings. The van der Waals surface area contributed by atoms with E-state index in [4.69, 9.17) is 5.73 Å². The Bertz CT molecular complexity index is 2080. The van der Waals surface area contributed by atoms with Crippen molar-refractivity contribution in [2.24, 2.45) is 18.2 Å². The SMILES string of the molecule is CNc1cc(F)c(C#N)c2c1[nH]c1ncc(-c3cnc4c(c3)c(=O)c(C(=O)O)cn4C)c(N3CC[C@]4(C[C@@H]4N)C3)c12. The van der Waals surface area contributed by atoms with Crippen molar-refractivity contribution in [3.8, 4) is 17.2 Å². The lowest BCUT2D eigenvalue weighted by Crippen LogP contribution is -2.24. The van der Waals surface area contributed by atoms with Gasteiger partial charge in [-0.3, -0.25) is 4.79 Å². The smallest absolute Gasteiger partial charge is 0.341 e. The molecule has 4 aromatic heterocycles. The minimum absolute atomic E-state index is 0.00756. The van der Waals surface area contributed by atoms with Crippen molar-refractivity contribution in [3.05, 3.63) is 57.9 Å². The number of carboxylic acids is 1. The number of carbonyl (C=O) groups is 1. The van der Waals surface area contributed by atoms with E-state index >= 15 is 4.39 Å². The molecule has 0 bridgehead atoms. The Morgan fingerprint density at radius 3 is 2.76 bits per heavy atom. The van der Waals surface area contributed by atoms with E-state index in [0.29, 0.717) is 57.5 Å². The second-order valence-corrected chi connectivity index (χ2v) is 11.0. The molecule has 1 aliphatic heterocycles. The molecule has 7 rings (SSSR count). The highest BCUT2D eigenvalue weighted by molar-refractivity contribution is 6.19. The fraction of sp³-hybridized carbons (Fsp3) is 0.276. The highest BCUT2D eigenvalue weighted by atomic mass is 19.1. The first-order chi connectivity index (χ1) is 19.7. The van der Waals surface area contributed by atoms with Crippen LogP contribution in [0.3, 0.4) is 0 Å². The van der Waals surface area contributed by atoms with E-state index in [9.17, 15) is 20.0 Å². The summed E-state index contributed by atoms with van der Waals surface area (Å²) in [7, 11) is 3.31. The summed E-state index contributed by atoms with van der Waals surface area (Å²) in [5, 5.41) is 23.7. The number of pyridine rings is 3. The van der Waals surface area contributed by atoms with Crippen LogP contribution in [0.25, 0.3) is 44.1 Å². The molecule has 0 unspecified atom stereocenters. The normalized spacial score (nSPS) is 19.9. The van der Waals surface area contributed by atoms with E-state index in [-0.39, 0.29) is 28.0 Å². The van der Waals surface area contributed by atoms with Crippen molar-refractivity contribution in [2.75, 3.05) is 30.4 Å². The molecule has 1 saturated heterocycles. The van der Waals surface area contributed by atoms with E-state index in [2.05, 4.69) is 25.2 Å². The van der Waals surface area contributed by atoms with E-state index in [1.807, 2.05) is 6.07 Å². The number of fused-ring (bicyclic) bond motifs is 4. The van der Waals surface area contributed by atoms with E-state index in [1.165, 1.54) is 16.8 Å². The monoisotopic (exact) mass is 552 g/mol. The van der Waals surface area contributed by atoms with Gasteiger partial charge in [-0.2, -0.15) is 5.26 Å². The number of rotatable bonds is 4. The molecule has 0 radical (unpaired) electrons. The predicted molar refractivity (Wildman–Crippen MR) is 153 cm³/mol. The largest absolute Gasteiger partial charge is 0.477 e. The molecule has 5 N–H and O–H groups in total. The van der Waals surface area contributed by atoms with Crippen molar-refractivity contribution < 1.29 is 14.3 Å².